The van der Waals surface area contributed by atoms with Crippen LogP contribution in [0.25, 0.3) is 11.0 Å². The highest BCUT2D eigenvalue weighted by Crippen LogP contribution is 2.38. The molecule has 0 saturated carbocycles. The van der Waals surface area contributed by atoms with Crippen molar-refractivity contribution in [2.45, 2.75) is 88.9 Å². The van der Waals surface area contributed by atoms with E-state index < -0.39 is 105 Å². The van der Waals surface area contributed by atoms with Gasteiger partial charge in [-0.25, -0.2) is 33.4 Å². The van der Waals surface area contributed by atoms with E-state index >= 15 is 4.39 Å². The number of imide groups is 2. The van der Waals surface area contributed by atoms with E-state index in [0.29, 0.717) is 48.3 Å². The third kappa shape index (κ3) is 23.5. The molecule has 2 aliphatic rings. The molecule has 2 aliphatic heterocycles. The van der Waals surface area contributed by atoms with Gasteiger partial charge in [-0.15, -0.1) is 0 Å². The Labute approximate surface area is 637 Å². The molecular weight excluding hydrogens is 1540 g/mol. The molecule has 0 aliphatic carbocycles. The number of hydrogen-bond donors (Lipinski definition) is 11. The third-order valence-electron chi connectivity index (χ3n) is 16.8. The van der Waals surface area contributed by atoms with E-state index in [4.69, 9.17) is 30.6 Å². The molecule has 1 fully saturated rings. The Balaban J connectivity index is 0.662. The van der Waals surface area contributed by atoms with Gasteiger partial charge in [0.15, 0.2) is 5.82 Å². The Morgan fingerprint density at radius 2 is 1.41 bits per heavy atom. The minimum Gasteiger partial charge on any atom is -0.456 e. The Bertz CT molecular complexity index is 4580. The monoisotopic (exact) mass is 1620 g/mol. The first-order valence-electron chi connectivity index (χ1n) is 34.5. The summed E-state index contributed by atoms with van der Waals surface area (Å²) in [5.41, 5.74) is 0.213. The van der Waals surface area contributed by atoms with Crippen molar-refractivity contribution in [3.8, 4) is 11.5 Å². The van der Waals surface area contributed by atoms with Gasteiger partial charge in [0, 0.05) is 75.1 Å². The number of ether oxygens (including phenoxy) is 3. The highest BCUT2D eigenvalue weighted by Gasteiger charge is 2.46. The van der Waals surface area contributed by atoms with Crippen molar-refractivity contribution in [2.24, 2.45) is 7.05 Å². The highest BCUT2D eigenvalue weighted by molar-refractivity contribution is 9.10. The predicted octanol–water partition coefficient (Wildman–Crippen LogP) is 8.98. The molecule has 5 aromatic carbocycles. The number of amides is 12. The first-order valence-corrected chi connectivity index (χ1v) is 35.7. The lowest BCUT2D eigenvalue weighted by Gasteiger charge is -2.27. The van der Waals surface area contributed by atoms with E-state index in [1.807, 2.05) is 0 Å². The van der Waals surface area contributed by atoms with Crippen LogP contribution in [0.15, 0.2) is 108 Å². The van der Waals surface area contributed by atoms with Gasteiger partial charge in [-0.2, -0.15) is 13.2 Å². The zero-order valence-electron chi connectivity index (χ0n) is 58.8. The highest BCUT2D eigenvalue weighted by atomic mass is 79.9. The molecule has 11 N–H and O–H groups in total. The summed E-state index contributed by atoms with van der Waals surface area (Å²) in [7, 11) is 1.62. The fraction of sp³-hybridized carbons (Fsp3) is 0.347. The maximum Gasteiger partial charge on any atom is 0.417 e. The number of urea groups is 1. The number of alkyl halides is 3. The Hall–Kier alpha value is -11.1. The van der Waals surface area contributed by atoms with Gasteiger partial charge >= 0.3 is 12.2 Å². The van der Waals surface area contributed by atoms with Crippen LogP contribution in [-0.2, 0) is 56.3 Å². The number of carbonyl (C=O) groups is 11. The number of rotatable bonds is 39. The van der Waals surface area contributed by atoms with Gasteiger partial charge in [0.1, 0.15) is 46.4 Å². The van der Waals surface area contributed by atoms with Gasteiger partial charge in [-0.3, -0.25) is 63.0 Å². The second kappa shape index (κ2) is 39.8. The predicted molar refractivity (Wildman–Crippen MR) is 389 cm³/mol. The van der Waals surface area contributed by atoms with E-state index in [1.165, 1.54) is 71.7 Å². The van der Waals surface area contributed by atoms with Gasteiger partial charge in [0.05, 0.1) is 101 Å². The summed E-state index contributed by atoms with van der Waals surface area (Å²) in [6.07, 6.45) is -0.381. The van der Waals surface area contributed by atoms with E-state index in [9.17, 15) is 74.7 Å². The zero-order chi connectivity index (χ0) is 79.0. The molecule has 9 rings (SSSR count). The minimum atomic E-state index is -4.78. The molecular formula is C72H75BrClF6N15O15. The van der Waals surface area contributed by atoms with Crippen LogP contribution in [-0.4, -0.2) is 162 Å². The molecule has 2 aromatic heterocycles. The molecule has 1 unspecified atom stereocenters. The number of aromatic nitrogens is 3. The van der Waals surface area contributed by atoms with Crippen molar-refractivity contribution >= 4 is 132 Å². The van der Waals surface area contributed by atoms with Crippen LogP contribution in [0.5, 0.6) is 11.5 Å². The molecule has 30 nitrogen and oxygen atoms in total. The van der Waals surface area contributed by atoms with E-state index in [0.717, 1.165) is 29.2 Å². The largest absolute Gasteiger partial charge is 0.456 e. The summed E-state index contributed by atoms with van der Waals surface area (Å²) in [6.45, 7) is 1.40. The van der Waals surface area contributed by atoms with Crippen molar-refractivity contribution in [3.63, 3.8) is 0 Å². The fourth-order valence-electron chi connectivity index (χ4n) is 11.3. The number of halogens is 8. The van der Waals surface area contributed by atoms with Crippen molar-refractivity contribution < 1.29 is 98.1 Å². The average molecular weight is 1620 g/mol. The molecule has 584 valence electrons. The lowest BCUT2D eigenvalue weighted by atomic mass is 10.0. The molecule has 38 heteroatoms. The minimum absolute atomic E-state index is 0.0129. The summed E-state index contributed by atoms with van der Waals surface area (Å²) in [5, 5.41) is 25.4. The van der Waals surface area contributed by atoms with Crippen LogP contribution in [0.1, 0.15) is 118 Å². The molecule has 4 heterocycles. The van der Waals surface area contributed by atoms with Crippen LogP contribution in [0.4, 0.5) is 59.6 Å². The fourth-order valence-corrected chi connectivity index (χ4v) is 11.8. The Kier molecular flexibility index (Phi) is 30.0. The van der Waals surface area contributed by atoms with E-state index in [-0.39, 0.29) is 178 Å². The number of pyridine rings is 1. The summed E-state index contributed by atoms with van der Waals surface area (Å²) in [5.74, 6) is -8.40. The van der Waals surface area contributed by atoms with E-state index in [2.05, 4.69) is 84.5 Å². The van der Waals surface area contributed by atoms with Crippen LogP contribution in [0.2, 0.25) is 5.02 Å². The van der Waals surface area contributed by atoms with Crippen LogP contribution in [0.3, 0.4) is 0 Å². The van der Waals surface area contributed by atoms with Gasteiger partial charge < -0.3 is 66.6 Å². The van der Waals surface area contributed by atoms with E-state index in [1.54, 1.807) is 13.1 Å². The molecule has 12 amide bonds. The second-order valence-corrected chi connectivity index (χ2v) is 26.1. The first-order chi connectivity index (χ1) is 52.7. The molecule has 110 heavy (non-hydrogen) atoms. The standard InChI is InChI=1S/C72H75BrClF6N15O15/c1-94-39-86-64-56(94)37-45(63(62(64)77)90-50-19-14-40(73)34-48(50)75)65(100)93-109-31-26-81-24-4-3-11-58(97)89-54(9-2-5-25-82-57(96)12-7-13-59(98)88-52-10-6-8-44-61(52)70(105)95(69(44)104)55-22-23-60(99)92-68(55)103)67(102)84-28-30-108-33-32-107-29-27-83-66(101)53-21-17-43(38-85-53)110-42-16-20-51(49(76)36-42)91-71(106)87-41-15-18-47(74)46(35-41)72(78,79)80/h6,8,10,14-21,34-39,54-55,81,90H,2-5,7,9,11-13,22-33H2,1H3,(H,82,96)(H,83,101)(H,84,102)(H,88,98)(H,89,97)(H,93,100)(H2,87,91,106)(H,92,99,103)/t54-,55?/m0/s1. The molecule has 1 saturated heterocycles. The van der Waals surface area contributed by atoms with Crippen LogP contribution < -0.4 is 63.4 Å². The quantitative estimate of drug-likeness (QED) is 0.00740. The van der Waals surface area contributed by atoms with Crippen molar-refractivity contribution in [1.29, 1.82) is 0 Å². The molecule has 0 bridgehead atoms. The number of nitrogens with zero attached hydrogens (tertiary/aromatic N) is 4. The zero-order valence-corrected chi connectivity index (χ0v) is 61.1. The lowest BCUT2D eigenvalue weighted by Crippen LogP contribution is -2.54. The third-order valence-corrected chi connectivity index (χ3v) is 17.6. The van der Waals surface area contributed by atoms with Gasteiger partial charge in [0.2, 0.25) is 35.4 Å². The van der Waals surface area contributed by atoms with Crippen LogP contribution in [0, 0.1) is 17.5 Å². The topological polar surface area (TPSA) is 391 Å². The smallest absolute Gasteiger partial charge is 0.417 e. The molecule has 2 atom stereocenters. The van der Waals surface area contributed by atoms with Gasteiger partial charge in [-0.1, -0.05) is 33.6 Å². The maximum atomic E-state index is 15.8. The summed E-state index contributed by atoms with van der Waals surface area (Å²) in [6, 6.07) is 15.5. The number of anilines is 5. The number of carbonyl (C=O) groups excluding carboxylic acids is 11. The number of hydroxylamine groups is 1. The Morgan fingerprint density at radius 1 is 0.682 bits per heavy atom. The summed E-state index contributed by atoms with van der Waals surface area (Å²) in [4.78, 5) is 157. The number of unbranched alkanes of at least 4 members (excludes halogenated alkanes) is 2. The van der Waals surface area contributed by atoms with Gasteiger partial charge in [-0.05, 0) is 130 Å². The van der Waals surface area contributed by atoms with Crippen molar-refractivity contribution in [1.82, 2.24) is 56.8 Å². The number of nitrogens with one attached hydrogen (secondary N) is 11. The van der Waals surface area contributed by atoms with Crippen molar-refractivity contribution in [2.75, 3.05) is 87.0 Å². The normalized spacial score (nSPS) is 13.6. The molecule has 7 aromatic rings. The SMILES string of the molecule is Cn1cnc2c(F)c(Nc3ccc(Br)cc3F)c(C(=O)NOCCNCCCCC(=O)N[C@@H](CCCCNC(=O)CCCC(=O)Nc3cccc4c3C(=O)N(C3CCC(=O)NC3=O)C4=O)C(=O)NCCOCCOCCNC(=O)c3ccc(Oc4ccc(NC(=O)Nc5ccc(Cl)c(C(F)(F)F)c5)c(F)c4)cn3)cc21. The van der Waals surface area contributed by atoms with Crippen molar-refractivity contribution in [3.05, 3.63) is 158 Å². The molecule has 0 spiro atoms. The average Bonchev–Trinajstić information content (AvgIpc) is 1.59. The maximum absolute atomic E-state index is 15.8. The number of benzene rings is 5. The van der Waals surface area contributed by atoms with Gasteiger partial charge in [0.25, 0.3) is 23.6 Å². The lowest BCUT2D eigenvalue weighted by molar-refractivity contribution is -0.138. The number of imidazole rings is 1. The first kappa shape index (κ1) is 82.9. The summed E-state index contributed by atoms with van der Waals surface area (Å²) < 4.78 is 104. The number of piperidine rings is 1. The summed E-state index contributed by atoms with van der Waals surface area (Å²) >= 11 is 8.82. The number of hydrogen-bond acceptors (Lipinski definition) is 19. The second-order valence-electron chi connectivity index (χ2n) is 24.8. The van der Waals surface area contributed by atoms with Crippen LogP contribution >= 0.6 is 27.5 Å². The Morgan fingerprint density at radius 3 is 2.15 bits per heavy atom. The number of fused-ring (bicyclic) bond motifs is 2. The molecule has 0 radical (unpaired) electrons. The number of aryl methyl sites for hydroxylation is 1.